The largest absolute Gasteiger partial charge is 0.270 e. The fraction of sp³-hybridized carbons (Fsp3) is 0.200. The Balaban J connectivity index is 2.06. The molecule has 0 fully saturated rings. The van der Waals surface area contributed by atoms with E-state index in [0.29, 0.717) is 11.3 Å². The Kier molecular flexibility index (Phi) is 5.83. The molecule has 1 N–H and O–H groups in total. The molecule has 0 aliphatic carbocycles. The van der Waals surface area contributed by atoms with Crippen molar-refractivity contribution in [2.75, 3.05) is 12.9 Å². The second-order valence-corrected chi connectivity index (χ2v) is 7.82. The maximum Gasteiger partial charge on any atom is 0.264 e. The molecule has 0 spiro atoms. The maximum absolute atomic E-state index is 11.8. The summed E-state index contributed by atoms with van der Waals surface area (Å²) in [4.78, 5) is 11.8. The highest BCUT2D eigenvalue weighted by molar-refractivity contribution is 7.85. The standard InChI is InChI=1S/C20H20N2O4S/c1-27(24,25)26-13-12-17-14-18(23)21-22-20(17)19(15-8-4-2-5-9-15)16-10-6-3-7-11-16/h2-11,14,19H,12-13H2,1H3,(H,21,23). The van der Waals surface area contributed by atoms with Crippen LogP contribution in [0.15, 0.2) is 71.5 Å². The van der Waals surface area contributed by atoms with Crippen molar-refractivity contribution in [3.8, 4) is 0 Å². The quantitative estimate of drug-likeness (QED) is 0.632. The number of aromatic nitrogens is 2. The first kappa shape index (κ1) is 19.0. The molecule has 0 bridgehead atoms. The zero-order chi connectivity index (χ0) is 19.3. The lowest BCUT2D eigenvalue weighted by Gasteiger charge is -2.20. The maximum atomic E-state index is 11.8. The van der Waals surface area contributed by atoms with E-state index in [2.05, 4.69) is 10.2 Å². The van der Waals surface area contributed by atoms with Crippen molar-refractivity contribution >= 4 is 10.1 Å². The van der Waals surface area contributed by atoms with Crippen molar-refractivity contribution in [3.05, 3.63) is 99.5 Å². The minimum atomic E-state index is -3.55. The number of benzene rings is 2. The van der Waals surface area contributed by atoms with Crippen LogP contribution in [0, 0.1) is 0 Å². The summed E-state index contributed by atoms with van der Waals surface area (Å²) in [5.41, 5.74) is 3.03. The van der Waals surface area contributed by atoms with Gasteiger partial charge in [-0.15, -0.1) is 0 Å². The van der Waals surface area contributed by atoms with E-state index in [-0.39, 0.29) is 24.5 Å². The second-order valence-electron chi connectivity index (χ2n) is 6.17. The molecule has 1 aromatic heterocycles. The Morgan fingerprint density at radius 1 is 1.00 bits per heavy atom. The van der Waals surface area contributed by atoms with Crippen molar-refractivity contribution < 1.29 is 12.6 Å². The third-order valence-corrected chi connectivity index (χ3v) is 4.72. The third-order valence-electron chi connectivity index (χ3n) is 4.13. The van der Waals surface area contributed by atoms with Gasteiger partial charge < -0.3 is 0 Å². The summed E-state index contributed by atoms with van der Waals surface area (Å²) in [6, 6.07) is 21.1. The lowest BCUT2D eigenvalue weighted by Crippen LogP contribution is -2.18. The number of rotatable bonds is 7. The first-order valence-electron chi connectivity index (χ1n) is 8.47. The Labute approximate surface area is 158 Å². The van der Waals surface area contributed by atoms with Gasteiger partial charge in [0, 0.05) is 6.07 Å². The summed E-state index contributed by atoms with van der Waals surface area (Å²) in [5, 5.41) is 6.81. The van der Waals surface area contributed by atoms with Gasteiger partial charge in [-0.05, 0) is 23.1 Å². The molecular weight excluding hydrogens is 364 g/mol. The van der Waals surface area contributed by atoms with Crippen LogP contribution in [0.2, 0.25) is 0 Å². The van der Waals surface area contributed by atoms with Gasteiger partial charge >= 0.3 is 0 Å². The summed E-state index contributed by atoms with van der Waals surface area (Å²) in [6.07, 6.45) is 1.26. The summed E-state index contributed by atoms with van der Waals surface area (Å²) in [7, 11) is -3.55. The zero-order valence-corrected chi connectivity index (χ0v) is 15.6. The van der Waals surface area contributed by atoms with Crippen LogP contribution in [0.4, 0.5) is 0 Å². The van der Waals surface area contributed by atoms with Crippen LogP contribution in [0.3, 0.4) is 0 Å². The van der Waals surface area contributed by atoms with Gasteiger partial charge in [-0.1, -0.05) is 60.7 Å². The van der Waals surface area contributed by atoms with E-state index in [1.165, 1.54) is 6.07 Å². The summed E-state index contributed by atoms with van der Waals surface area (Å²) in [5.74, 6) is -0.197. The monoisotopic (exact) mass is 384 g/mol. The molecule has 0 saturated carbocycles. The number of H-pyrrole nitrogens is 1. The fourth-order valence-electron chi connectivity index (χ4n) is 3.00. The smallest absolute Gasteiger partial charge is 0.264 e. The molecular formula is C20H20N2O4S. The van der Waals surface area contributed by atoms with E-state index < -0.39 is 10.1 Å². The lowest BCUT2D eigenvalue weighted by molar-refractivity contribution is 0.325. The van der Waals surface area contributed by atoms with Crippen LogP contribution in [0.1, 0.15) is 28.3 Å². The molecule has 2 aromatic carbocycles. The Morgan fingerprint density at radius 2 is 1.56 bits per heavy atom. The summed E-state index contributed by atoms with van der Waals surface area (Å²) in [6.45, 7) is -0.0483. The van der Waals surface area contributed by atoms with Gasteiger partial charge in [-0.2, -0.15) is 13.5 Å². The van der Waals surface area contributed by atoms with Crippen molar-refractivity contribution in [2.24, 2.45) is 0 Å². The Hall–Kier alpha value is -2.77. The van der Waals surface area contributed by atoms with Gasteiger partial charge in [0.05, 0.1) is 24.5 Å². The van der Waals surface area contributed by atoms with E-state index in [4.69, 9.17) is 4.18 Å². The summed E-state index contributed by atoms with van der Waals surface area (Å²) < 4.78 is 27.3. The summed E-state index contributed by atoms with van der Waals surface area (Å²) >= 11 is 0. The van der Waals surface area contributed by atoms with E-state index in [1.54, 1.807) is 0 Å². The fourth-order valence-corrected chi connectivity index (χ4v) is 3.39. The molecule has 7 heteroatoms. The van der Waals surface area contributed by atoms with Crippen LogP contribution in [-0.2, 0) is 20.7 Å². The van der Waals surface area contributed by atoms with Gasteiger partial charge in [0.2, 0.25) is 0 Å². The first-order chi connectivity index (χ1) is 12.9. The third kappa shape index (κ3) is 5.12. The van der Waals surface area contributed by atoms with E-state index >= 15 is 0 Å². The molecule has 0 atom stereocenters. The molecule has 3 aromatic rings. The van der Waals surface area contributed by atoms with E-state index in [0.717, 1.165) is 17.4 Å². The number of nitrogens with one attached hydrogen (secondary N) is 1. The van der Waals surface area contributed by atoms with Gasteiger partial charge in [0.25, 0.3) is 15.7 Å². The Morgan fingerprint density at radius 3 is 2.07 bits per heavy atom. The average molecular weight is 384 g/mol. The van der Waals surface area contributed by atoms with Gasteiger partial charge in [-0.25, -0.2) is 5.10 Å². The number of nitrogens with zero attached hydrogens (tertiary/aromatic N) is 1. The SMILES string of the molecule is CS(=O)(=O)OCCc1cc(=O)[nH]nc1C(c1ccccc1)c1ccccc1. The van der Waals surface area contributed by atoms with Crippen molar-refractivity contribution in [2.45, 2.75) is 12.3 Å². The van der Waals surface area contributed by atoms with Gasteiger partial charge in [0.1, 0.15) is 0 Å². The van der Waals surface area contributed by atoms with Crippen molar-refractivity contribution in [3.63, 3.8) is 0 Å². The van der Waals surface area contributed by atoms with Crippen LogP contribution in [-0.4, -0.2) is 31.5 Å². The molecule has 3 rings (SSSR count). The molecule has 0 radical (unpaired) electrons. The minimum Gasteiger partial charge on any atom is -0.270 e. The highest BCUT2D eigenvalue weighted by Crippen LogP contribution is 2.32. The molecule has 140 valence electrons. The number of aromatic amines is 1. The minimum absolute atomic E-state index is 0.0483. The van der Waals surface area contributed by atoms with E-state index in [1.807, 2.05) is 60.7 Å². The van der Waals surface area contributed by atoms with E-state index in [9.17, 15) is 13.2 Å². The molecule has 0 saturated heterocycles. The predicted molar refractivity (Wildman–Crippen MR) is 103 cm³/mol. The van der Waals surface area contributed by atoms with Crippen molar-refractivity contribution in [1.82, 2.24) is 10.2 Å². The molecule has 6 nitrogen and oxygen atoms in total. The highest BCUT2D eigenvalue weighted by Gasteiger charge is 2.22. The first-order valence-corrected chi connectivity index (χ1v) is 10.3. The van der Waals surface area contributed by atoms with Gasteiger partial charge in [-0.3, -0.25) is 8.98 Å². The van der Waals surface area contributed by atoms with Crippen molar-refractivity contribution in [1.29, 1.82) is 0 Å². The second kappa shape index (κ2) is 8.28. The average Bonchev–Trinajstić information content (AvgIpc) is 2.64. The van der Waals surface area contributed by atoms with Crippen LogP contribution in [0.25, 0.3) is 0 Å². The number of hydrogen-bond acceptors (Lipinski definition) is 5. The normalized spacial score (nSPS) is 11.6. The lowest BCUT2D eigenvalue weighted by atomic mass is 9.86. The van der Waals surface area contributed by atoms with Crippen LogP contribution in [0.5, 0.6) is 0 Å². The molecule has 27 heavy (non-hydrogen) atoms. The van der Waals surface area contributed by atoms with Crippen LogP contribution >= 0.6 is 0 Å². The van der Waals surface area contributed by atoms with Gasteiger partial charge in [0.15, 0.2) is 0 Å². The zero-order valence-electron chi connectivity index (χ0n) is 14.8. The molecule has 0 aliphatic heterocycles. The molecule has 0 amide bonds. The number of hydrogen-bond donors (Lipinski definition) is 1. The van der Waals surface area contributed by atoms with Crippen LogP contribution < -0.4 is 5.56 Å². The topological polar surface area (TPSA) is 89.1 Å². The predicted octanol–water partition coefficient (Wildman–Crippen LogP) is 2.47. The molecule has 0 unspecified atom stereocenters. The Bertz CT molecular complexity index is 1010. The highest BCUT2D eigenvalue weighted by atomic mass is 32.2. The molecule has 1 heterocycles. The molecule has 0 aliphatic rings.